The van der Waals surface area contributed by atoms with E-state index in [1.54, 1.807) is 11.3 Å². The third-order valence-corrected chi connectivity index (χ3v) is 17.1. The average Bonchev–Trinajstić information content (AvgIpc) is 3.32. The fourth-order valence-electron chi connectivity index (χ4n) is 4.26. The monoisotopic (exact) mass is 518 g/mol. The van der Waals surface area contributed by atoms with Gasteiger partial charge in [0.15, 0.2) is 8.32 Å². The second-order valence-electron chi connectivity index (χ2n) is 10.7. The van der Waals surface area contributed by atoms with Crippen LogP contribution in [0.1, 0.15) is 44.5 Å². The predicted octanol–water partition coefficient (Wildman–Crippen LogP) is 7.72. The first-order chi connectivity index (χ1) is 16.6. The van der Waals surface area contributed by atoms with Gasteiger partial charge in [-0.15, -0.1) is 11.3 Å². The fourth-order valence-corrected chi connectivity index (χ4v) is 10.8. The van der Waals surface area contributed by atoms with E-state index in [1.165, 1.54) is 15.9 Å². The van der Waals surface area contributed by atoms with Crippen molar-refractivity contribution in [1.82, 2.24) is 4.98 Å². The molecule has 3 aromatic carbocycles. The number of rotatable bonds is 8. The van der Waals surface area contributed by atoms with Gasteiger partial charge in [0, 0.05) is 5.38 Å². The molecule has 182 valence electrons. The van der Waals surface area contributed by atoms with E-state index < -0.39 is 15.6 Å². The Hall–Kier alpha value is -2.10. The molecule has 35 heavy (non-hydrogen) atoms. The van der Waals surface area contributed by atoms with Gasteiger partial charge in [-0.25, -0.2) is 4.98 Å². The van der Waals surface area contributed by atoms with Crippen molar-refractivity contribution < 1.29 is 4.43 Å². The highest BCUT2D eigenvalue weighted by molar-refractivity contribution is 7.95. The summed E-state index contributed by atoms with van der Waals surface area (Å²) < 4.78 is 6.68. The Morgan fingerprint density at radius 1 is 0.800 bits per heavy atom. The summed E-state index contributed by atoms with van der Waals surface area (Å²) >= 11 is 1.74. The van der Waals surface area contributed by atoms with Crippen LogP contribution in [0.5, 0.6) is 0 Å². The number of nitrogens with zero attached hydrogens (tertiary/aromatic N) is 1. The maximum Gasteiger partial charge on any atom is 0.193 e. The van der Waals surface area contributed by atoms with Crippen molar-refractivity contribution in [2.24, 2.45) is 0 Å². The Morgan fingerprint density at radius 3 is 1.63 bits per heavy atom. The lowest BCUT2D eigenvalue weighted by atomic mass is 10.2. The van der Waals surface area contributed by atoms with Crippen molar-refractivity contribution in [2.45, 2.75) is 58.1 Å². The smallest absolute Gasteiger partial charge is 0.193 e. The van der Waals surface area contributed by atoms with Crippen molar-refractivity contribution in [3.05, 3.63) is 107 Å². The van der Waals surface area contributed by atoms with E-state index in [-0.39, 0.29) is 11.1 Å². The molecule has 5 heteroatoms. The lowest BCUT2D eigenvalue weighted by Gasteiger charge is -2.38. The molecular weight excluding hydrogens is 481 g/mol. The molecule has 4 aromatic rings. The van der Waals surface area contributed by atoms with Gasteiger partial charge in [-0.05, 0) is 61.5 Å². The van der Waals surface area contributed by atoms with E-state index in [9.17, 15) is 0 Å². The summed E-state index contributed by atoms with van der Waals surface area (Å²) in [6.45, 7) is 13.7. The highest BCUT2D eigenvalue weighted by Gasteiger charge is 2.46. The van der Waals surface area contributed by atoms with Crippen molar-refractivity contribution in [1.29, 1.82) is 0 Å². The van der Waals surface area contributed by atoms with E-state index in [2.05, 4.69) is 137 Å². The highest BCUT2D eigenvalue weighted by Crippen LogP contribution is 2.58. The molecule has 2 nitrogen and oxygen atoms in total. The number of thiazole rings is 1. The zero-order chi connectivity index (χ0) is 25.1. The largest absolute Gasteiger partial charge is 0.408 e. The van der Waals surface area contributed by atoms with Gasteiger partial charge in [-0.3, -0.25) is 0 Å². The molecule has 0 saturated heterocycles. The number of aromatic nitrogens is 1. The van der Waals surface area contributed by atoms with Gasteiger partial charge in [-0.1, -0.05) is 75.4 Å². The van der Waals surface area contributed by atoms with Crippen molar-refractivity contribution in [3.63, 3.8) is 0 Å². The summed E-state index contributed by atoms with van der Waals surface area (Å²) in [5, 5.41) is 7.67. The van der Waals surface area contributed by atoms with Gasteiger partial charge >= 0.3 is 0 Å². The molecule has 0 aliphatic carbocycles. The molecule has 0 saturated carbocycles. The summed E-state index contributed by atoms with van der Waals surface area (Å²) in [5.74, 6) is 0. The van der Waals surface area contributed by atoms with Gasteiger partial charge in [0.2, 0.25) is 0 Å². The molecule has 0 N–H and O–H groups in total. The van der Waals surface area contributed by atoms with Crippen LogP contribution in [0.25, 0.3) is 0 Å². The first kappa shape index (κ1) is 26.0. The second kappa shape index (κ2) is 10.5. The Bertz CT molecular complexity index is 1120. The molecule has 0 unspecified atom stereocenters. The van der Waals surface area contributed by atoms with Crippen LogP contribution in [-0.2, 0) is 10.6 Å². The van der Waals surface area contributed by atoms with Gasteiger partial charge in [0.1, 0.15) is 34.3 Å². The molecule has 0 aliphatic rings. The van der Waals surface area contributed by atoms with Crippen LogP contribution >= 0.6 is 18.6 Å². The molecule has 0 bridgehead atoms. The average molecular weight is 519 g/mol. The maximum atomic E-state index is 6.68. The van der Waals surface area contributed by atoms with E-state index in [1.807, 2.05) is 0 Å². The van der Waals surface area contributed by atoms with Crippen LogP contribution in [0.15, 0.2) is 96.4 Å². The first-order valence-electron chi connectivity index (χ1n) is 12.3. The van der Waals surface area contributed by atoms with Gasteiger partial charge in [-0.2, -0.15) is 0 Å². The second-order valence-corrected chi connectivity index (χ2v) is 19.8. The fraction of sp³-hybridized carbons (Fsp3) is 0.300. The predicted molar refractivity (Wildman–Crippen MR) is 158 cm³/mol. The molecule has 1 heterocycles. The summed E-state index contributed by atoms with van der Waals surface area (Å²) in [4.78, 5) is 5.18. The molecular formula is C30H37NOPSSi+. The van der Waals surface area contributed by atoms with Crippen LogP contribution in [0.4, 0.5) is 0 Å². The van der Waals surface area contributed by atoms with Crippen LogP contribution in [0.2, 0.25) is 18.1 Å². The van der Waals surface area contributed by atoms with Gasteiger partial charge < -0.3 is 4.43 Å². The summed E-state index contributed by atoms with van der Waals surface area (Å²) in [5.41, 5.74) is 1.15. The van der Waals surface area contributed by atoms with E-state index in [0.29, 0.717) is 0 Å². The van der Waals surface area contributed by atoms with Gasteiger partial charge in [0.05, 0.1) is 11.8 Å². The maximum absolute atomic E-state index is 6.68. The third kappa shape index (κ3) is 5.52. The molecule has 0 fully saturated rings. The third-order valence-electron chi connectivity index (χ3n) is 7.18. The molecule has 1 atom stereocenters. The molecule has 1 aromatic heterocycles. The van der Waals surface area contributed by atoms with Crippen LogP contribution in [-0.4, -0.2) is 13.3 Å². The molecule has 0 radical (unpaired) electrons. The first-order valence-corrected chi connectivity index (χ1v) is 18.1. The minimum Gasteiger partial charge on any atom is -0.408 e. The minimum absolute atomic E-state index is 0.00699. The van der Waals surface area contributed by atoms with Crippen LogP contribution in [0, 0.1) is 0 Å². The van der Waals surface area contributed by atoms with E-state index in [0.717, 1.165) is 16.9 Å². The Labute approximate surface area is 216 Å². The van der Waals surface area contributed by atoms with E-state index >= 15 is 0 Å². The number of hydrogen-bond acceptors (Lipinski definition) is 3. The van der Waals surface area contributed by atoms with Crippen molar-refractivity contribution in [2.75, 3.05) is 0 Å². The van der Waals surface area contributed by atoms with Gasteiger partial charge in [0.25, 0.3) is 0 Å². The zero-order valence-corrected chi connectivity index (χ0v) is 24.4. The van der Waals surface area contributed by atoms with Crippen molar-refractivity contribution in [3.8, 4) is 0 Å². The molecule has 0 aliphatic heterocycles. The van der Waals surface area contributed by atoms with Crippen LogP contribution in [0.3, 0.4) is 0 Å². The summed E-state index contributed by atoms with van der Waals surface area (Å²) in [7, 11) is -3.82. The Morgan fingerprint density at radius 2 is 1.23 bits per heavy atom. The number of benzene rings is 3. The van der Waals surface area contributed by atoms with E-state index in [4.69, 9.17) is 9.41 Å². The molecule has 4 rings (SSSR count). The number of hydrogen-bond donors (Lipinski definition) is 0. The molecule has 0 amide bonds. The highest BCUT2D eigenvalue weighted by atomic mass is 32.1. The standard InChI is InChI=1S/C30H37NOPSSi/c1-24(32-35(5,6)30(2,3)4)29-31-25(23-34-29)22-33(26-16-10-7-11-17-26,27-18-12-8-13-19-27)28-20-14-9-15-21-28/h7-21,23-24H,22H2,1-6H3/q+1/t24-/m1/s1. The SMILES string of the molecule is C[C@@H](O[Si](C)(C)C(C)(C)C)c1nc(C[P+](c2ccccc2)(c2ccccc2)c2ccccc2)cs1. The Balaban J connectivity index is 1.77. The van der Waals surface area contributed by atoms with Crippen molar-refractivity contribution >= 4 is 42.8 Å². The van der Waals surface area contributed by atoms with Crippen LogP contribution < -0.4 is 15.9 Å². The molecule has 0 spiro atoms. The summed E-state index contributed by atoms with van der Waals surface area (Å²) in [6, 6.07) is 33.1. The Kier molecular flexibility index (Phi) is 7.78. The minimum atomic E-state index is -1.95. The lowest BCUT2D eigenvalue weighted by molar-refractivity contribution is 0.202. The normalized spacial score (nSPS) is 13.5. The quantitative estimate of drug-likeness (QED) is 0.176. The summed E-state index contributed by atoms with van der Waals surface area (Å²) in [6.07, 6.45) is 0.904. The lowest BCUT2D eigenvalue weighted by Crippen LogP contribution is -2.41. The topological polar surface area (TPSA) is 22.1 Å². The zero-order valence-electron chi connectivity index (χ0n) is 21.7.